The predicted molar refractivity (Wildman–Crippen MR) is 152 cm³/mol. The van der Waals surface area contributed by atoms with Gasteiger partial charge in [0.1, 0.15) is 12.2 Å². The molecular formula is C26H17BrCl4N2O5. The van der Waals surface area contributed by atoms with E-state index in [0.717, 1.165) is 4.90 Å². The lowest BCUT2D eigenvalue weighted by Crippen LogP contribution is -2.54. The highest BCUT2D eigenvalue weighted by molar-refractivity contribution is 9.10. The van der Waals surface area contributed by atoms with Gasteiger partial charge in [0, 0.05) is 15.6 Å². The Morgan fingerprint density at radius 1 is 0.921 bits per heavy atom. The van der Waals surface area contributed by atoms with Crippen LogP contribution in [0.3, 0.4) is 0 Å². The minimum Gasteiger partial charge on any atom is -0.490 e. The second kappa shape index (κ2) is 12.0. The number of benzene rings is 3. The van der Waals surface area contributed by atoms with Crippen molar-refractivity contribution in [3.63, 3.8) is 0 Å². The van der Waals surface area contributed by atoms with Crippen LogP contribution in [-0.2, 0) is 16.2 Å². The minimum absolute atomic E-state index is 0.136. The maximum Gasteiger partial charge on any atom is 0.335 e. The molecule has 0 atom stereocenters. The number of halogens is 5. The monoisotopic (exact) mass is 656 g/mol. The van der Waals surface area contributed by atoms with E-state index in [0.29, 0.717) is 43.8 Å². The molecule has 1 aliphatic rings. The Morgan fingerprint density at radius 3 is 2.37 bits per heavy atom. The Balaban J connectivity index is 1.67. The molecule has 7 nitrogen and oxygen atoms in total. The van der Waals surface area contributed by atoms with Crippen molar-refractivity contribution in [1.82, 2.24) is 5.32 Å². The number of urea groups is 1. The first-order valence-corrected chi connectivity index (χ1v) is 13.3. The van der Waals surface area contributed by atoms with Crippen LogP contribution in [0, 0.1) is 0 Å². The van der Waals surface area contributed by atoms with E-state index < -0.39 is 17.8 Å². The first-order chi connectivity index (χ1) is 18.1. The van der Waals surface area contributed by atoms with Gasteiger partial charge < -0.3 is 9.47 Å². The Kier molecular flexibility index (Phi) is 8.90. The zero-order valence-corrected chi connectivity index (χ0v) is 24.1. The number of nitrogens with one attached hydrogen (secondary N) is 1. The summed E-state index contributed by atoms with van der Waals surface area (Å²) in [5.41, 5.74) is 1.04. The van der Waals surface area contributed by atoms with E-state index in [1.165, 1.54) is 24.3 Å². The van der Waals surface area contributed by atoms with Gasteiger partial charge in [-0.15, -0.1) is 0 Å². The summed E-state index contributed by atoms with van der Waals surface area (Å²) in [5.74, 6) is -0.918. The summed E-state index contributed by atoms with van der Waals surface area (Å²) < 4.78 is 12.2. The molecule has 0 radical (unpaired) electrons. The molecule has 0 saturated carbocycles. The number of hydrogen-bond acceptors (Lipinski definition) is 5. The molecule has 38 heavy (non-hydrogen) atoms. The van der Waals surface area contributed by atoms with E-state index in [1.807, 2.05) is 0 Å². The summed E-state index contributed by atoms with van der Waals surface area (Å²) in [7, 11) is 0. The van der Waals surface area contributed by atoms with Gasteiger partial charge in [0.25, 0.3) is 11.8 Å². The summed E-state index contributed by atoms with van der Waals surface area (Å²) in [6.07, 6.45) is 1.35. The summed E-state index contributed by atoms with van der Waals surface area (Å²) in [5, 5.41) is 3.53. The third-order valence-corrected chi connectivity index (χ3v) is 7.21. The molecule has 0 aliphatic carbocycles. The first-order valence-electron chi connectivity index (χ1n) is 11.0. The second-order valence-corrected chi connectivity index (χ2v) is 10.4. The van der Waals surface area contributed by atoms with Crippen LogP contribution >= 0.6 is 62.3 Å². The van der Waals surface area contributed by atoms with Crippen molar-refractivity contribution in [3.05, 3.63) is 89.8 Å². The van der Waals surface area contributed by atoms with Gasteiger partial charge in [0.05, 0.1) is 26.8 Å². The minimum atomic E-state index is -0.906. The Hall–Kier alpha value is -2.75. The number of amides is 4. The van der Waals surface area contributed by atoms with Crippen LogP contribution in [0.1, 0.15) is 18.1 Å². The highest BCUT2D eigenvalue weighted by atomic mass is 79.9. The van der Waals surface area contributed by atoms with Crippen LogP contribution < -0.4 is 19.7 Å². The van der Waals surface area contributed by atoms with Gasteiger partial charge in [-0.25, -0.2) is 9.69 Å². The Bertz CT molecular complexity index is 1490. The fourth-order valence-corrected chi connectivity index (χ4v) is 4.88. The van der Waals surface area contributed by atoms with E-state index in [-0.39, 0.29) is 27.9 Å². The molecule has 12 heteroatoms. The third-order valence-electron chi connectivity index (χ3n) is 5.29. The highest BCUT2D eigenvalue weighted by Gasteiger charge is 2.37. The molecule has 0 aromatic heterocycles. The molecule has 196 valence electrons. The van der Waals surface area contributed by atoms with Crippen LogP contribution in [0.5, 0.6) is 11.5 Å². The smallest absolute Gasteiger partial charge is 0.335 e. The van der Waals surface area contributed by atoms with Gasteiger partial charge in [0.2, 0.25) is 0 Å². The van der Waals surface area contributed by atoms with E-state index in [9.17, 15) is 14.4 Å². The number of barbiturate groups is 1. The number of imide groups is 2. The third kappa shape index (κ3) is 6.11. The maximum atomic E-state index is 13.2. The lowest BCUT2D eigenvalue weighted by molar-refractivity contribution is -0.122. The van der Waals surface area contributed by atoms with Crippen molar-refractivity contribution < 1.29 is 23.9 Å². The number of carbonyl (C=O) groups excluding carboxylic acids is 3. The zero-order chi connectivity index (χ0) is 27.6. The molecule has 1 fully saturated rings. The maximum absolute atomic E-state index is 13.2. The van der Waals surface area contributed by atoms with E-state index in [2.05, 4.69) is 21.2 Å². The zero-order valence-electron chi connectivity index (χ0n) is 19.5. The second-order valence-electron chi connectivity index (χ2n) is 7.84. The summed E-state index contributed by atoms with van der Waals surface area (Å²) in [4.78, 5) is 39.1. The average Bonchev–Trinajstić information content (AvgIpc) is 2.84. The van der Waals surface area contributed by atoms with Gasteiger partial charge >= 0.3 is 6.03 Å². The van der Waals surface area contributed by atoms with Gasteiger partial charge in [-0.05, 0) is 77.0 Å². The summed E-state index contributed by atoms with van der Waals surface area (Å²) in [6, 6.07) is 11.7. The van der Waals surface area contributed by atoms with Crippen molar-refractivity contribution in [1.29, 1.82) is 0 Å². The fourth-order valence-electron chi connectivity index (χ4n) is 3.55. The van der Waals surface area contributed by atoms with Crippen molar-refractivity contribution in [2.45, 2.75) is 13.5 Å². The molecule has 0 spiro atoms. The Labute approximate surface area is 246 Å². The lowest BCUT2D eigenvalue weighted by atomic mass is 10.1. The topological polar surface area (TPSA) is 84.9 Å². The predicted octanol–water partition coefficient (Wildman–Crippen LogP) is 7.71. The van der Waals surface area contributed by atoms with E-state index in [4.69, 9.17) is 55.9 Å². The SMILES string of the molecule is CCOc1cc(/C=C2\C(=O)NC(=O)N(c3ccc(Cl)c(Cl)c3)C2=O)cc(Br)c1OCc1ccc(Cl)cc1Cl. The summed E-state index contributed by atoms with van der Waals surface area (Å²) >= 11 is 27.7. The number of anilines is 1. The fraction of sp³-hybridized carbons (Fsp3) is 0.115. The van der Waals surface area contributed by atoms with Crippen LogP contribution in [0.25, 0.3) is 6.08 Å². The number of ether oxygens (including phenoxy) is 2. The van der Waals surface area contributed by atoms with Crippen LogP contribution in [0.2, 0.25) is 20.1 Å². The highest BCUT2D eigenvalue weighted by Crippen LogP contribution is 2.39. The van der Waals surface area contributed by atoms with Crippen molar-refractivity contribution in [3.8, 4) is 11.5 Å². The Morgan fingerprint density at radius 2 is 1.68 bits per heavy atom. The van der Waals surface area contributed by atoms with Gasteiger partial charge in [0.15, 0.2) is 11.5 Å². The standard InChI is InChI=1S/C26H17BrCl4N2O5/c1-2-37-22-9-13(8-18(27)23(22)38-12-14-3-4-15(28)10-20(14)30)7-17-24(34)32-26(36)33(25(17)35)16-5-6-19(29)21(31)11-16/h3-11H,2,12H2,1H3,(H,32,34,36)/b17-7+. The first kappa shape index (κ1) is 28.3. The van der Waals surface area contributed by atoms with Gasteiger partial charge in [-0.3, -0.25) is 14.9 Å². The molecule has 1 aliphatic heterocycles. The molecule has 3 aromatic rings. The van der Waals surface area contributed by atoms with Gasteiger partial charge in [-0.2, -0.15) is 0 Å². The van der Waals surface area contributed by atoms with Crippen molar-refractivity contribution >= 4 is 91.9 Å². The molecule has 3 aromatic carbocycles. The number of rotatable bonds is 7. The summed E-state index contributed by atoms with van der Waals surface area (Å²) in [6.45, 7) is 2.26. The van der Waals surface area contributed by atoms with E-state index in [1.54, 1.807) is 37.3 Å². The molecule has 4 rings (SSSR count). The largest absolute Gasteiger partial charge is 0.490 e. The normalized spacial score (nSPS) is 14.6. The number of nitrogens with zero attached hydrogens (tertiary/aromatic N) is 1. The average molecular weight is 659 g/mol. The molecule has 1 saturated heterocycles. The quantitative estimate of drug-likeness (QED) is 0.208. The van der Waals surface area contributed by atoms with Crippen LogP contribution in [0.15, 0.2) is 58.6 Å². The molecule has 1 N–H and O–H groups in total. The van der Waals surface area contributed by atoms with Crippen molar-refractivity contribution in [2.75, 3.05) is 11.5 Å². The van der Waals surface area contributed by atoms with Crippen LogP contribution in [-0.4, -0.2) is 24.5 Å². The number of carbonyl (C=O) groups is 3. The molecule has 4 amide bonds. The van der Waals surface area contributed by atoms with Gasteiger partial charge in [-0.1, -0.05) is 52.5 Å². The van der Waals surface area contributed by atoms with Crippen LogP contribution in [0.4, 0.5) is 10.5 Å². The molecule has 0 bridgehead atoms. The number of hydrogen-bond donors (Lipinski definition) is 1. The lowest BCUT2D eigenvalue weighted by Gasteiger charge is -2.26. The van der Waals surface area contributed by atoms with Crippen molar-refractivity contribution in [2.24, 2.45) is 0 Å². The van der Waals surface area contributed by atoms with E-state index >= 15 is 0 Å². The molecule has 0 unspecified atom stereocenters. The molecule has 1 heterocycles. The molecular weight excluding hydrogens is 642 g/mol.